The van der Waals surface area contributed by atoms with Gasteiger partial charge in [0.25, 0.3) is 5.89 Å². The Labute approximate surface area is 122 Å². The zero-order valence-electron chi connectivity index (χ0n) is 12.1. The molecule has 20 heavy (non-hydrogen) atoms. The van der Waals surface area contributed by atoms with Crippen LogP contribution in [0.5, 0.6) is 0 Å². The minimum Gasteiger partial charge on any atom is -0.333 e. The minimum atomic E-state index is -0.375. The van der Waals surface area contributed by atoms with Crippen molar-refractivity contribution >= 4 is 11.3 Å². The molecule has 5 nitrogen and oxygen atoms in total. The highest BCUT2D eigenvalue weighted by molar-refractivity contribution is 7.15. The maximum absolute atomic E-state index is 6.24. The van der Waals surface area contributed by atoms with Crippen LogP contribution in [-0.2, 0) is 12.0 Å². The molecule has 0 spiro atoms. The number of rotatable bonds is 4. The highest BCUT2D eigenvalue weighted by atomic mass is 32.1. The largest absolute Gasteiger partial charge is 0.333 e. The number of hydrogen-bond acceptors (Lipinski definition) is 6. The Morgan fingerprint density at radius 1 is 1.35 bits per heavy atom. The first kappa shape index (κ1) is 13.7. The van der Waals surface area contributed by atoms with Gasteiger partial charge in [0.2, 0.25) is 0 Å². The van der Waals surface area contributed by atoms with Crippen LogP contribution in [-0.4, -0.2) is 15.1 Å². The van der Waals surface area contributed by atoms with Gasteiger partial charge in [-0.1, -0.05) is 19.0 Å². The Balaban J connectivity index is 1.93. The monoisotopic (exact) mass is 292 g/mol. The van der Waals surface area contributed by atoms with E-state index in [-0.39, 0.29) is 5.54 Å². The Morgan fingerprint density at radius 3 is 2.70 bits per heavy atom. The third-order valence-electron chi connectivity index (χ3n) is 3.72. The van der Waals surface area contributed by atoms with Crippen LogP contribution in [0.1, 0.15) is 49.6 Å². The van der Waals surface area contributed by atoms with Crippen molar-refractivity contribution < 1.29 is 4.52 Å². The van der Waals surface area contributed by atoms with E-state index in [0.29, 0.717) is 17.6 Å². The lowest BCUT2D eigenvalue weighted by Gasteiger charge is -2.34. The van der Waals surface area contributed by atoms with Gasteiger partial charge in [-0.25, -0.2) is 4.98 Å². The summed E-state index contributed by atoms with van der Waals surface area (Å²) in [4.78, 5) is 10.1. The van der Waals surface area contributed by atoms with Gasteiger partial charge in [0.05, 0.1) is 16.2 Å². The molecule has 1 fully saturated rings. The first-order chi connectivity index (χ1) is 9.48. The molecule has 0 aromatic carbocycles. The summed E-state index contributed by atoms with van der Waals surface area (Å²) >= 11 is 1.61. The molecule has 2 heterocycles. The fraction of sp³-hybridized carbons (Fsp3) is 0.643. The summed E-state index contributed by atoms with van der Waals surface area (Å²) in [7, 11) is 0. The molecule has 1 saturated carbocycles. The Hall–Kier alpha value is -1.27. The molecule has 0 bridgehead atoms. The van der Waals surface area contributed by atoms with Crippen molar-refractivity contribution in [3.05, 3.63) is 16.5 Å². The zero-order valence-corrected chi connectivity index (χ0v) is 13.0. The number of aromatic nitrogens is 3. The lowest BCUT2D eigenvalue weighted by atomic mass is 9.77. The van der Waals surface area contributed by atoms with Crippen molar-refractivity contribution in [2.24, 2.45) is 11.7 Å². The first-order valence-electron chi connectivity index (χ1n) is 7.08. The van der Waals surface area contributed by atoms with E-state index >= 15 is 0 Å². The zero-order chi connectivity index (χ0) is 14.3. The summed E-state index contributed by atoms with van der Waals surface area (Å²) < 4.78 is 5.44. The number of nitrogens with zero attached hydrogens (tertiary/aromatic N) is 3. The van der Waals surface area contributed by atoms with Gasteiger partial charge in [0.15, 0.2) is 5.82 Å². The highest BCUT2D eigenvalue weighted by Gasteiger charge is 2.39. The number of thiazole rings is 1. The molecule has 0 atom stereocenters. The Morgan fingerprint density at radius 2 is 2.10 bits per heavy atom. The molecular weight excluding hydrogens is 272 g/mol. The predicted molar refractivity (Wildman–Crippen MR) is 78.4 cm³/mol. The molecule has 1 aliphatic rings. The van der Waals surface area contributed by atoms with Crippen LogP contribution in [0.2, 0.25) is 0 Å². The normalized spacial score (nSPS) is 17.4. The van der Waals surface area contributed by atoms with Gasteiger partial charge in [-0.15, -0.1) is 11.3 Å². The number of hydrogen-bond donors (Lipinski definition) is 1. The summed E-state index contributed by atoms with van der Waals surface area (Å²) in [5.41, 5.74) is 6.92. The van der Waals surface area contributed by atoms with Gasteiger partial charge in [0, 0.05) is 0 Å². The van der Waals surface area contributed by atoms with E-state index in [4.69, 9.17) is 10.3 Å². The molecule has 2 aromatic rings. The van der Waals surface area contributed by atoms with Crippen LogP contribution >= 0.6 is 11.3 Å². The average molecular weight is 292 g/mol. The molecule has 3 rings (SSSR count). The maximum atomic E-state index is 6.24. The number of aryl methyl sites for hydroxylation is 1. The standard InChI is InChI=1S/C14H20N4OS/c1-8(2)7-10-11(20-9(3)16-10)12-17-13(18-19-12)14(15)5-4-6-14/h8H,4-7,15H2,1-3H3. The smallest absolute Gasteiger partial charge is 0.270 e. The molecule has 0 saturated heterocycles. The predicted octanol–water partition coefficient (Wildman–Crippen LogP) is 3.04. The molecule has 0 amide bonds. The summed E-state index contributed by atoms with van der Waals surface area (Å²) in [6.45, 7) is 6.37. The van der Waals surface area contributed by atoms with E-state index in [1.165, 1.54) is 0 Å². The van der Waals surface area contributed by atoms with Crippen molar-refractivity contribution in [1.82, 2.24) is 15.1 Å². The van der Waals surface area contributed by atoms with Gasteiger partial charge in [-0.05, 0) is 38.5 Å². The topological polar surface area (TPSA) is 77.8 Å². The third-order valence-corrected chi connectivity index (χ3v) is 4.72. The van der Waals surface area contributed by atoms with Crippen LogP contribution in [0, 0.1) is 12.8 Å². The van der Waals surface area contributed by atoms with Crippen molar-refractivity contribution in [3.63, 3.8) is 0 Å². The SMILES string of the molecule is Cc1nc(CC(C)C)c(-c2nc(C3(N)CCC3)no2)s1. The molecule has 1 aliphatic carbocycles. The van der Waals surface area contributed by atoms with E-state index in [9.17, 15) is 0 Å². The summed E-state index contributed by atoms with van der Waals surface area (Å²) in [5.74, 6) is 1.75. The lowest BCUT2D eigenvalue weighted by Crippen LogP contribution is -2.44. The summed E-state index contributed by atoms with van der Waals surface area (Å²) in [5, 5.41) is 5.11. The molecule has 0 aliphatic heterocycles. The van der Waals surface area contributed by atoms with Crippen LogP contribution in [0.25, 0.3) is 10.8 Å². The van der Waals surface area contributed by atoms with Crippen LogP contribution in [0.15, 0.2) is 4.52 Å². The van der Waals surface area contributed by atoms with Crippen molar-refractivity contribution in [2.75, 3.05) is 0 Å². The van der Waals surface area contributed by atoms with Crippen LogP contribution in [0.3, 0.4) is 0 Å². The van der Waals surface area contributed by atoms with Crippen molar-refractivity contribution in [2.45, 2.75) is 52.0 Å². The third kappa shape index (κ3) is 2.38. The second kappa shape index (κ2) is 4.93. The van der Waals surface area contributed by atoms with Crippen molar-refractivity contribution in [3.8, 4) is 10.8 Å². The second-order valence-corrected chi connectivity index (χ2v) is 7.24. The Bertz CT molecular complexity index is 612. The van der Waals surface area contributed by atoms with E-state index in [1.807, 2.05) is 6.92 Å². The van der Waals surface area contributed by atoms with Gasteiger partial charge >= 0.3 is 0 Å². The van der Waals surface area contributed by atoms with Gasteiger partial charge < -0.3 is 10.3 Å². The molecule has 6 heteroatoms. The molecule has 0 unspecified atom stereocenters. The molecule has 108 valence electrons. The Kier molecular flexibility index (Phi) is 3.38. The molecular formula is C14H20N4OS. The molecule has 2 N–H and O–H groups in total. The lowest BCUT2D eigenvalue weighted by molar-refractivity contribution is 0.229. The number of nitrogens with two attached hydrogens (primary N) is 1. The van der Waals surface area contributed by atoms with E-state index in [1.54, 1.807) is 11.3 Å². The van der Waals surface area contributed by atoms with Crippen molar-refractivity contribution in [1.29, 1.82) is 0 Å². The summed E-state index contributed by atoms with van der Waals surface area (Å²) in [6.07, 6.45) is 3.93. The van der Waals surface area contributed by atoms with Gasteiger partial charge in [0.1, 0.15) is 4.88 Å². The van der Waals surface area contributed by atoms with E-state index in [2.05, 4.69) is 29.0 Å². The first-order valence-corrected chi connectivity index (χ1v) is 7.89. The van der Waals surface area contributed by atoms with E-state index in [0.717, 1.165) is 41.3 Å². The quantitative estimate of drug-likeness (QED) is 0.937. The average Bonchev–Trinajstić information content (AvgIpc) is 2.92. The fourth-order valence-corrected chi connectivity index (χ4v) is 3.33. The van der Waals surface area contributed by atoms with Gasteiger partial charge in [-0.3, -0.25) is 0 Å². The molecule has 2 aromatic heterocycles. The van der Waals surface area contributed by atoms with Crippen LogP contribution in [0.4, 0.5) is 0 Å². The summed E-state index contributed by atoms with van der Waals surface area (Å²) in [6, 6.07) is 0. The maximum Gasteiger partial charge on any atom is 0.270 e. The van der Waals surface area contributed by atoms with Gasteiger partial charge in [-0.2, -0.15) is 4.98 Å². The molecule has 0 radical (unpaired) electrons. The van der Waals surface area contributed by atoms with Crippen LogP contribution < -0.4 is 5.73 Å². The highest BCUT2D eigenvalue weighted by Crippen LogP contribution is 2.38. The fourth-order valence-electron chi connectivity index (χ4n) is 2.46. The second-order valence-electron chi connectivity index (χ2n) is 6.04. The minimum absolute atomic E-state index is 0.375. The van der Waals surface area contributed by atoms with E-state index < -0.39 is 0 Å².